The molecule has 0 radical (unpaired) electrons. The number of benzene rings is 1. The molecule has 4 nitrogen and oxygen atoms in total. The van der Waals surface area contributed by atoms with Gasteiger partial charge >= 0.3 is 5.97 Å². The molecule has 1 amide bonds. The molecule has 0 aliphatic heterocycles. The lowest BCUT2D eigenvalue weighted by molar-refractivity contribution is -0.141. The van der Waals surface area contributed by atoms with Crippen molar-refractivity contribution < 1.29 is 14.3 Å². The molecule has 0 fully saturated rings. The Hall–Kier alpha value is -2.10. The molecule has 0 aliphatic carbocycles. The lowest BCUT2D eigenvalue weighted by Gasteiger charge is -2.13. The number of methoxy groups -OCH3 is 1. The van der Waals surface area contributed by atoms with Crippen molar-refractivity contribution in [2.75, 3.05) is 20.7 Å². The molecule has 4 heteroatoms. The van der Waals surface area contributed by atoms with Crippen LogP contribution in [0.1, 0.15) is 37.3 Å². The number of likely N-dealkylation sites (N-methyl/N-ethyl adjacent to an activating group) is 1. The second-order valence-electron chi connectivity index (χ2n) is 5.24. The summed E-state index contributed by atoms with van der Waals surface area (Å²) in [5.74, 6) is 0.0452. The van der Waals surface area contributed by atoms with Crippen molar-refractivity contribution in [1.29, 1.82) is 0 Å². The van der Waals surface area contributed by atoms with E-state index in [4.69, 9.17) is 0 Å². The van der Waals surface area contributed by atoms with Crippen LogP contribution in [0.15, 0.2) is 30.3 Å². The Bertz CT molecular complexity index is 503. The summed E-state index contributed by atoms with van der Waals surface area (Å²) in [5, 5.41) is 0. The van der Waals surface area contributed by atoms with E-state index in [1.165, 1.54) is 23.6 Å². The number of nitrogens with zero attached hydrogens (tertiary/aromatic N) is 1. The molecule has 1 aromatic carbocycles. The second kappa shape index (κ2) is 8.25. The summed E-state index contributed by atoms with van der Waals surface area (Å²) in [6, 6.07) is 8.12. The maximum absolute atomic E-state index is 11.9. The van der Waals surface area contributed by atoms with Crippen LogP contribution in [0.25, 0.3) is 6.08 Å². The lowest BCUT2D eigenvalue weighted by atomic mass is 10.0. The summed E-state index contributed by atoms with van der Waals surface area (Å²) in [6.45, 7) is 4.64. The highest BCUT2D eigenvalue weighted by Gasteiger charge is 2.08. The van der Waals surface area contributed by atoms with Gasteiger partial charge in [-0.05, 0) is 23.1 Å². The van der Waals surface area contributed by atoms with Gasteiger partial charge in [0.1, 0.15) is 0 Å². The van der Waals surface area contributed by atoms with Gasteiger partial charge in [-0.3, -0.25) is 9.59 Å². The Morgan fingerprint density at radius 1 is 1.24 bits per heavy atom. The van der Waals surface area contributed by atoms with Gasteiger partial charge in [-0.2, -0.15) is 0 Å². The van der Waals surface area contributed by atoms with E-state index >= 15 is 0 Å². The zero-order valence-corrected chi connectivity index (χ0v) is 13.1. The van der Waals surface area contributed by atoms with Gasteiger partial charge in [0.25, 0.3) is 0 Å². The van der Waals surface area contributed by atoms with Gasteiger partial charge in [0.2, 0.25) is 5.91 Å². The maximum Gasteiger partial charge on any atom is 0.307 e. The van der Waals surface area contributed by atoms with Crippen LogP contribution in [0.5, 0.6) is 0 Å². The topological polar surface area (TPSA) is 46.6 Å². The van der Waals surface area contributed by atoms with Crippen LogP contribution >= 0.6 is 0 Å². The normalized spacial score (nSPS) is 10.9. The van der Waals surface area contributed by atoms with Gasteiger partial charge in [-0.25, -0.2) is 0 Å². The first-order valence-electron chi connectivity index (χ1n) is 7.04. The minimum atomic E-state index is -0.317. The van der Waals surface area contributed by atoms with Crippen molar-refractivity contribution in [3.63, 3.8) is 0 Å². The smallest absolute Gasteiger partial charge is 0.307 e. The average Bonchev–Trinajstić information content (AvgIpc) is 2.50. The van der Waals surface area contributed by atoms with Crippen molar-refractivity contribution in [3.05, 3.63) is 41.5 Å². The molecule has 0 saturated heterocycles. The minimum Gasteiger partial charge on any atom is -0.469 e. The zero-order chi connectivity index (χ0) is 15.8. The van der Waals surface area contributed by atoms with E-state index in [2.05, 4.69) is 30.7 Å². The molecule has 0 spiro atoms. The van der Waals surface area contributed by atoms with Crippen LogP contribution in [0.4, 0.5) is 0 Å². The summed E-state index contributed by atoms with van der Waals surface area (Å²) in [5.41, 5.74) is 2.25. The number of ether oxygens (including phenoxy) is 1. The van der Waals surface area contributed by atoms with E-state index in [-0.39, 0.29) is 18.3 Å². The van der Waals surface area contributed by atoms with Crippen LogP contribution in [0, 0.1) is 0 Å². The highest BCUT2D eigenvalue weighted by molar-refractivity contribution is 5.91. The monoisotopic (exact) mass is 289 g/mol. The Kier molecular flexibility index (Phi) is 6.66. The van der Waals surface area contributed by atoms with Crippen LogP contribution in [0.2, 0.25) is 0 Å². The van der Waals surface area contributed by atoms with Crippen LogP contribution < -0.4 is 0 Å². The molecular weight excluding hydrogens is 266 g/mol. The number of hydrogen-bond acceptors (Lipinski definition) is 3. The van der Waals surface area contributed by atoms with E-state index in [0.29, 0.717) is 12.5 Å². The van der Waals surface area contributed by atoms with Gasteiger partial charge in [0.05, 0.1) is 13.5 Å². The fourth-order valence-electron chi connectivity index (χ4n) is 1.76. The van der Waals surface area contributed by atoms with Crippen molar-refractivity contribution in [3.8, 4) is 0 Å². The zero-order valence-electron chi connectivity index (χ0n) is 13.1. The minimum absolute atomic E-state index is 0.133. The molecule has 0 aromatic heterocycles. The lowest BCUT2D eigenvalue weighted by Crippen LogP contribution is -2.27. The van der Waals surface area contributed by atoms with Crippen LogP contribution in [0.3, 0.4) is 0 Å². The van der Waals surface area contributed by atoms with Crippen molar-refractivity contribution in [1.82, 2.24) is 4.90 Å². The first-order valence-corrected chi connectivity index (χ1v) is 7.04. The SMILES string of the molecule is COC(=O)CCN(C)C(=O)/C=C/c1ccc(C(C)C)cc1. The third-order valence-corrected chi connectivity index (χ3v) is 3.28. The van der Waals surface area contributed by atoms with E-state index < -0.39 is 0 Å². The second-order valence-corrected chi connectivity index (χ2v) is 5.24. The molecule has 0 aliphatic rings. The molecule has 1 aromatic rings. The number of amides is 1. The Morgan fingerprint density at radius 3 is 2.38 bits per heavy atom. The molecule has 0 bridgehead atoms. The van der Waals surface area contributed by atoms with Crippen LogP contribution in [-0.2, 0) is 14.3 Å². The first-order chi connectivity index (χ1) is 9.93. The Labute approximate surface area is 126 Å². The van der Waals surface area contributed by atoms with E-state index in [0.717, 1.165) is 5.56 Å². The van der Waals surface area contributed by atoms with Gasteiger partial charge in [-0.15, -0.1) is 0 Å². The van der Waals surface area contributed by atoms with Crippen LogP contribution in [-0.4, -0.2) is 37.5 Å². The van der Waals surface area contributed by atoms with Crippen molar-refractivity contribution >= 4 is 18.0 Å². The number of carbonyl (C=O) groups excluding carboxylic acids is 2. The summed E-state index contributed by atoms with van der Waals surface area (Å²) >= 11 is 0. The summed E-state index contributed by atoms with van der Waals surface area (Å²) in [7, 11) is 3.00. The predicted molar refractivity (Wildman–Crippen MR) is 83.8 cm³/mol. The third kappa shape index (κ3) is 5.81. The average molecular weight is 289 g/mol. The summed E-state index contributed by atoms with van der Waals surface area (Å²) in [6.07, 6.45) is 3.50. The predicted octanol–water partition coefficient (Wildman–Crippen LogP) is 2.84. The van der Waals surface area contributed by atoms with Gasteiger partial charge in [0, 0.05) is 19.7 Å². The molecule has 21 heavy (non-hydrogen) atoms. The molecule has 0 saturated carbocycles. The van der Waals surface area contributed by atoms with Crippen molar-refractivity contribution in [2.45, 2.75) is 26.2 Å². The third-order valence-electron chi connectivity index (χ3n) is 3.28. The number of rotatable bonds is 6. The molecule has 0 N–H and O–H groups in total. The number of hydrogen-bond donors (Lipinski definition) is 0. The van der Waals surface area contributed by atoms with Crippen molar-refractivity contribution in [2.24, 2.45) is 0 Å². The molecule has 0 heterocycles. The standard InChI is InChI=1S/C17H23NO3/c1-13(2)15-8-5-14(6-9-15)7-10-16(19)18(3)12-11-17(20)21-4/h5-10,13H,11-12H2,1-4H3/b10-7+. The molecule has 0 atom stereocenters. The summed E-state index contributed by atoms with van der Waals surface area (Å²) < 4.78 is 4.55. The highest BCUT2D eigenvalue weighted by Crippen LogP contribution is 2.15. The molecule has 0 unspecified atom stereocenters. The Balaban J connectivity index is 2.54. The van der Waals surface area contributed by atoms with Gasteiger partial charge in [-0.1, -0.05) is 38.1 Å². The fraction of sp³-hybridized carbons (Fsp3) is 0.412. The molecule has 1 rings (SSSR count). The first kappa shape index (κ1) is 17.0. The largest absolute Gasteiger partial charge is 0.469 e. The fourth-order valence-corrected chi connectivity index (χ4v) is 1.76. The van der Waals surface area contributed by atoms with E-state index in [1.807, 2.05) is 12.1 Å². The van der Waals surface area contributed by atoms with Gasteiger partial charge < -0.3 is 9.64 Å². The summed E-state index contributed by atoms with van der Waals surface area (Å²) in [4.78, 5) is 24.4. The number of esters is 1. The number of carbonyl (C=O) groups is 2. The highest BCUT2D eigenvalue weighted by atomic mass is 16.5. The van der Waals surface area contributed by atoms with Gasteiger partial charge in [0.15, 0.2) is 0 Å². The Morgan fingerprint density at radius 2 is 1.86 bits per heavy atom. The van der Waals surface area contributed by atoms with E-state index in [9.17, 15) is 9.59 Å². The molecule has 114 valence electrons. The maximum atomic E-state index is 11.9. The van der Waals surface area contributed by atoms with E-state index in [1.54, 1.807) is 13.1 Å². The molecular formula is C17H23NO3. The quantitative estimate of drug-likeness (QED) is 0.597.